The number of hydrogen-bond acceptors (Lipinski definition) is 3. The van der Waals surface area contributed by atoms with E-state index in [0.717, 1.165) is 15.8 Å². The fourth-order valence-corrected chi connectivity index (χ4v) is 2.71. The Kier molecular flexibility index (Phi) is 6.69. The number of rotatable bonds is 4. The summed E-state index contributed by atoms with van der Waals surface area (Å²) in [5, 5.41) is 8.72. The maximum absolute atomic E-state index is 11.9. The average Bonchev–Trinajstić information content (AvgIpc) is 2.76. The fourth-order valence-electron chi connectivity index (χ4n) is 2.41. The number of aliphatic carboxylic acids is 1. The lowest BCUT2D eigenvalue weighted by atomic mass is 9.86. The van der Waals surface area contributed by atoms with E-state index < -0.39 is 5.97 Å². The second kappa shape index (κ2) is 8.04. The normalized spacial score (nSPS) is 18.7. The molecule has 1 fully saturated rings. The van der Waals surface area contributed by atoms with Crippen molar-refractivity contribution in [1.29, 1.82) is 0 Å². The van der Waals surface area contributed by atoms with Crippen LogP contribution in [0.5, 0.6) is 0 Å². The van der Waals surface area contributed by atoms with Gasteiger partial charge < -0.3 is 5.11 Å². The van der Waals surface area contributed by atoms with Crippen LogP contribution < -0.4 is 0 Å². The Bertz CT molecular complexity index is 556. The third kappa shape index (κ3) is 4.14. The molecule has 22 heavy (non-hydrogen) atoms. The number of benzene rings is 1. The number of hydrogen-bond donors (Lipinski definition) is 1. The van der Waals surface area contributed by atoms with Crippen molar-refractivity contribution in [1.82, 2.24) is 4.67 Å². The topological polar surface area (TPSA) is 74.7 Å². The van der Waals surface area contributed by atoms with Crippen molar-refractivity contribution in [3.8, 4) is 0 Å². The van der Waals surface area contributed by atoms with Crippen molar-refractivity contribution in [2.45, 2.75) is 39.5 Å². The lowest BCUT2D eigenvalue weighted by molar-refractivity contribution is -0.136. The molecule has 3 atom stereocenters. The molecule has 2 amide bonds. The Hall–Kier alpha value is -1.74. The van der Waals surface area contributed by atoms with E-state index in [2.05, 4.69) is 9.39 Å². The largest absolute Gasteiger partial charge is 0.481 e. The molecule has 2 rings (SSSR count). The van der Waals surface area contributed by atoms with Gasteiger partial charge in [-0.2, -0.15) is 0 Å². The molecule has 120 valence electrons. The zero-order valence-corrected chi connectivity index (χ0v) is 14.2. The minimum absolute atomic E-state index is 0.0190. The van der Waals surface area contributed by atoms with Gasteiger partial charge in [-0.1, -0.05) is 45.0 Å². The van der Waals surface area contributed by atoms with Gasteiger partial charge in [-0.25, -0.2) is 0 Å². The monoisotopic (exact) mass is 323 g/mol. The molecular formula is C16H22NO4P. The lowest BCUT2D eigenvalue weighted by Gasteiger charge is -2.17. The smallest absolute Gasteiger partial charge is 0.307 e. The van der Waals surface area contributed by atoms with Crippen molar-refractivity contribution >= 4 is 27.2 Å². The van der Waals surface area contributed by atoms with E-state index in [1.807, 2.05) is 32.9 Å². The number of carboxylic acids is 1. The van der Waals surface area contributed by atoms with E-state index in [0.29, 0.717) is 0 Å². The SMILES string of the molecule is CC.CC(c1ccc(CC(=O)O)cc1)C1CC(=O)N(P)C1=O. The van der Waals surface area contributed by atoms with Gasteiger partial charge >= 0.3 is 5.97 Å². The van der Waals surface area contributed by atoms with Crippen LogP contribution in [0.2, 0.25) is 0 Å². The van der Waals surface area contributed by atoms with Gasteiger partial charge in [0.2, 0.25) is 11.8 Å². The first-order valence-corrected chi connectivity index (χ1v) is 7.84. The van der Waals surface area contributed by atoms with E-state index >= 15 is 0 Å². The van der Waals surface area contributed by atoms with Crippen LogP contribution in [0.25, 0.3) is 0 Å². The summed E-state index contributed by atoms with van der Waals surface area (Å²) in [5.74, 6) is -1.65. The maximum Gasteiger partial charge on any atom is 0.307 e. The minimum Gasteiger partial charge on any atom is -0.481 e. The molecule has 0 radical (unpaired) electrons. The van der Waals surface area contributed by atoms with Crippen LogP contribution in [0.15, 0.2) is 24.3 Å². The summed E-state index contributed by atoms with van der Waals surface area (Å²) in [6.07, 6.45) is 0.204. The van der Waals surface area contributed by atoms with Gasteiger partial charge in [-0.3, -0.25) is 19.1 Å². The second-order valence-electron chi connectivity index (χ2n) is 5.01. The van der Waals surface area contributed by atoms with Crippen LogP contribution in [0.3, 0.4) is 0 Å². The van der Waals surface area contributed by atoms with E-state index in [-0.39, 0.29) is 36.5 Å². The maximum atomic E-state index is 11.9. The van der Waals surface area contributed by atoms with Gasteiger partial charge in [0.15, 0.2) is 0 Å². The highest BCUT2D eigenvalue weighted by atomic mass is 31.0. The van der Waals surface area contributed by atoms with Gasteiger partial charge in [-0.05, 0) is 26.4 Å². The first-order valence-electron chi connectivity index (χ1n) is 7.32. The number of carboxylic acid groups (broad SMARTS) is 1. The van der Waals surface area contributed by atoms with Gasteiger partial charge in [0.1, 0.15) is 0 Å². The highest BCUT2D eigenvalue weighted by Gasteiger charge is 2.39. The predicted molar refractivity (Wildman–Crippen MR) is 87.2 cm³/mol. The summed E-state index contributed by atoms with van der Waals surface area (Å²) < 4.78 is 1.10. The van der Waals surface area contributed by atoms with Crippen LogP contribution >= 0.6 is 9.39 Å². The van der Waals surface area contributed by atoms with Gasteiger partial charge in [-0.15, -0.1) is 0 Å². The van der Waals surface area contributed by atoms with Gasteiger partial charge in [0.25, 0.3) is 0 Å². The molecule has 0 aromatic heterocycles. The molecule has 6 heteroatoms. The summed E-state index contributed by atoms with van der Waals surface area (Å²) in [6, 6.07) is 7.15. The van der Waals surface area contributed by atoms with Gasteiger partial charge in [0.05, 0.1) is 12.3 Å². The molecule has 0 aliphatic carbocycles. The standard InChI is InChI=1S/C14H16NO4P.C2H6/c1-8(11-7-12(16)15(20)14(11)19)10-4-2-9(3-5-10)6-13(17)18;1-2/h2-5,8,11H,6-7,20H2,1H3,(H,17,18);1-2H3. The molecule has 0 bridgehead atoms. The Morgan fingerprint density at radius 3 is 2.27 bits per heavy atom. The van der Waals surface area contributed by atoms with E-state index in [4.69, 9.17) is 5.11 Å². The van der Waals surface area contributed by atoms with Crippen molar-refractivity contribution in [2.24, 2.45) is 5.92 Å². The molecular weight excluding hydrogens is 301 g/mol. The quantitative estimate of drug-likeness (QED) is 0.683. The van der Waals surface area contributed by atoms with Crippen molar-refractivity contribution < 1.29 is 19.5 Å². The van der Waals surface area contributed by atoms with Crippen LogP contribution in [-0.2, 0) is 20.8 Å². The summed E-state index contributed by atoms with van der Waals surface area (Å²) >= 11 is 0. The summed E-state index contributed by atoms with van der Waals surface area (Å²) in [4.78, 5) is 34.1. The molecule has 5 nitrogen and oxygen atoms in total. The average molecular weight is 323 g/mol. The number of carbonyl (C=O) groups is 3. The summed E-state index contributed by atoms with van der Waals surface area (Å²) in [6.45, 7) is 5.91. The third-order valence-electron chi connectivity index (χ3n) is 3.68. The summed E-state index contributed by atoms with van der Waals surface area (Å²) in [7, 11) is 2.15. The molecule has 1 aromatic rings. The highest BCUT2D eigenvalue weighted by molar-refractivity contribution is 7.16. The molecule has 3 unspecified atom stereocenters. The number of imide groups is 1. The first-order chi connectivity index (χ1) is 10.4. The Morgan fingerprint density at radius 1 is 1.32 bits per heavy atom. The third-order valence-corrected chi connectivity index (χ3v) is 4.22. The van der Waals surface area contributed by atoms with Crippen molar-refractivity contribution in [3.63, 3.8) is 0 Å². The van der Waals surface area contributed by atoms with Crippen LogP contribution in [-0.4, -0.2) is 27.6 Å². The van der Waals surface area contributed by atoms with E-state index in [1.54, 1.807) is 12.1 Å². The molecule has 0 spiro atoms. The zero-order valence-electron chi connectivity index (χ0n) is 13.1. The first kappa shape index (κ1) is 18.3. The Balaban J connectivity index is 0.00000116. The van der Waals surface area contributed by atoms with Gasteiger partial charge in [0, 0.05) is 6.42 Å². The Labute approximate surface area is 133 Å². The van der Waals surface area contributed by atoms with Crippen molar-refractivity contribution in [2.75, 3.05) is 0 Å². The second-order valence-corrected chi connectivity index (χ2v) is 5.53. The fraction of sp³-hybridized carbons (Fsp3) is 0.438. The molecule has 0 saturated carbocycles. The number of amides is 2. The highest BCUT2D eigenvalue weighted by Crippen LogP contribution is 2.34. The molecule has 1 aliphatic heterocycles. The van der Waals surface area contributed by atoms with Crippen LogP contribution in [0.1, 0.15) is 44.2 Å². The van der Waals surface area contributed by atoms with E-state index in [9.17, 15) is 14.4 Å². The molecule has 1 aromatic carbocycles. The van der Waals surface area contributed by atoms with E-state index in [1.165, 1.54) is 0 Å². The number of nitrogens with zero attached hydrogens (tertiary/aromatic N) is 1. The Morgan fingerprint density at radius 2 is 1.86 bits per heavy atom. The predicted octanol–water partition coefficient (Wildman–Crippen LogP) is 2.61. The molecule has 1 saturated heterocycles. The minimum atomic E-state index is -0.874. The van der Waals surface area contributed by atoms with Crippen molar-refractivity contribution in [3.05, 3.63) is 35.4 Å². The molecule has 1 aliphatic rings. The molecule has 1 N–H and O–H groups in total. The van der Waals surface area contributed by atoms with Crippen LogP contribution in [0.4, 0.5) is 0 Å². The summed E-state index contributed by atoms with van der Waals surface area (Å²) in [5.41, 5.74) is 1.65. The lowest BCUT2D eigenvalue weighted by Crippen LogP contribution is -2.22. The van der Waals surface area contributed by atoms with Crippen LogP contribution in [0, 0.1) is 5.92 Å². The number of carbonyl (C=O) groups excluding carboxylic acids is 2. The zero-order chi connectivity index (χ0) is 16.9. The molecule has 1 heterocycles.